The van der Waals surface area contributed by atoms with Crippen LogP contribution in [0.3, 0.4) is 0 Å². The van der Waals surface area contributed by atoms with E-state index < -0.39 is 0 Å². The highest BCUT2D eigenvalue weighted by atomic mass is 32.1. The number of nitriles is 1. The Bertz CT molecular complexity index is 223. The van der Waals surface area contributed by atoms with Crippen LogP contribution in [0.2, 0.25) is 0 Å². The molecule has 0 saturated heterocycles. The van der Waals surface area contributed by atoms with Crippen LogP contribution < -0.4 is 0 Å². The lowest BCUT2D eigenvalue weighted by atomic mass is 10.7. The van der Waals surface area contributed by atoms with Gasteiger partial charge in [0.05, 0.1) is 0 Å². The minimum absolute atomic E-state index is 0.433. The summed E-state index contributed by atoms with van der Waals surface area (Å²) >= 11 is 1.13. The van der Waals surface area contributed by atoms with Gasteiger partial charge in [-0.3, -0.25) is 0 Å². The molecule has 0 spiro atoms. The lowest BCUT2D eigenvalue weighted by molar-refractivity contribution is 1.15. The van der Waals surface area contributed by atoms with Gasteiger partial charge in [0, 0.05) is 0 Å². The van der Waals surface area contributed by atoms with Crippen molar-refractivity contribution >= 4 is 11.5 Å². The Morgan fingerprint density at radius 1 is 1.50 bits per heavy atom. The van der Waals surface area contributed by atoms with Gasteiger partial charge < -0.3 is 0 Å². The first-order valence-corrected chi connectivity index (χ1v) is 3.80. The van der Waals surface area contributed by atoms with Crippen molar-refractivity contribution in [1.82, 2.24) is 9.36 Å². The van der Waals surface area contributed by atoms with E-state index >= 15 is 0 Å². The molecule has 0 atom stereocenters. The maximum atomic E-state index is 8.21. The fraction of sp³-hybridized carbons (Fsp3) is 0.500. The Balaban J connectivity index is 0.000000371. The quantitative estimate of drug-likeness (QED) is 0.573. The molecule has 3 nitrogen and oxygen atoms in total. The molecule has 1 aromatic rings. The van der Waals surface area contributed by atoms with Crippen molar-refractivity contribution in [3.63, 3.8) is 0 Å². The standard InChI is InChI=1S/C4H3N3S.C2H6/c1-3-6-4(2-5)8-7-3;1-2/h1H3;1-2H3. The Morgan fingerprint density at radius 2 is 2.10 bits per heavy atom. The molecule has 0 saturated carbocycles. The molecule has 1 aromatic heterocycles. The van der Waals surface area contributed by atoms with Gasteiger partial charge in [0.2, 0.25) is 5.01 Å². The van der Waals surface area contributed by atoms with Crippen molar-refractivity contribution < 1.29 is 0 Å². The molecule has 0 bridgehead atoms. The summed E-state index contributed by atoms with van der Waals surface area (Å²) in [6.07, 6.45) is 0. The summed E-state index contributed by atoms with van der Waals surface area (Å²) in [4.78, 5) is 3.78. The summed E-state index contributed by atoms with van der Waals surface area (Å²) in [7, 11) is 0. The molecule has 0 fully saturated rings. The minimum atomic E-state index is 0.433. The number of aryl methyl sites for hydroxylation is 1. The summed E-state index contributed by atoms with van der Waals surface area (Å²) < 4.78 is 3.80. The highest BCUT2D eigenvalue weighted by molar-refractivity contribution is 7.05. The van der Waals surface area contributed by atoms with Crippen molar-refractivity contribution in [1.29, 1.82) is 5.26 Å². The molecule has 0 unspecified atom stereocenters. The minimum Gasteiger partial charge on any atom is -0.210 e. The molecule has 0 aromatic carbocycles. The average molecular weight is 155 g/mol. The smallest absolute Gasteiger partial charge is 0.210 e. The highest BCUT2D eigenvalue weighted by Gasteiger charge is 1.93. The third kappa shape index (κ3) is 2.55. The van der Waals surface area contributed by atoms with Gasteiger partial charge in [-0.1, -0.05) is 13.8 Å². The van der Waals surface area contributed by atoms with E-state index in [2.05, 4.69) is 9.36 Å². The molecule has 0 aliphatic carbocycles. The lowest BCUT2D eigenvalue weighted by Crippen LogP contribution is -1.71. The van der Waals surface area contributed by atoms with Gasteiger partial charge in [-0.25, -0.2) is 4.98 Å². The Hall–Kier alpha value is -0.950. The van der Waals surface area contributed by atoms with E-state index in [4.69, 9.17) is 5.26 Å². The van der Waals surface area contributed by atoms with Crippen molar-refractivity contribution in [3.05, 3.63) is 10.8 Å². The third-order valence-electron chi connectivity index (χ3n) is 0.623. The normalized spacial score (nSPS) is 7.40. The van der Waals surface area contributed by atoms with Crippen LogP contribution in [0.4, 0.5) is 0 Å². The first kappa shape index (κ1) is 9.05. The molecule has 0 radical (unpaired) electrons. The van der Waals surface area contributed by atoms with Crippen molar-refractivity contribution in [2.45, 2.75) is 20.8 Å². The molecule has 4 heteroatoms. The molecule has 0 aliphatic rings. The highest BCUT2D eigenvalue weighted by Crippen LogP contribution is 1.99. The van der Waals surface area contributed by atoms with Gasteiger partial charge in [-0.05, 0) is 18.5 Å². The zero-order valence-corrected chi connectivity index (χ0v) is 7.07. The zero-order chi connectivity index (χ0) is 7.98. The van der Waals surface area contributed by atoms with Gasteiger partial charge in [0.15, 0.2) is 0 Å². The van der Waals surface area contributed by atoms with E-state index in [0.29, 0.717) is 10.8 Å². The van der Waals surface area contributed by atoms with Crippen molar-refractivity contribution in [2.24, 2.45) is 0 Å². The van der Waals surface area contributed by atoms with E-state index in [1.807, 2.05) is 19.9 Å². The monoisotopic (exact) mass is 155 g/mol. The molecule has 0 amide bonds. The van der Waals surface area contributed by atoms with Gasteiger partial charge in [-0.15, -0.1) is 0 Å². The second-order valence-electron chi connectivity index (χ2n) is 1.26. The third-order valence-corrected chi connectivity index (χ3v) is 1.33. The SMILES string of the molecule is CC.Cc1nsc(C#N)n1. The summed E-state index contributed by atoms with van der Waals surface area (Å²) in [5.74, 6) is 0.673. The van der Waals surface area contributed by atoms with Gasteiger partial charge in [0.25, 0.3) is 0 Å². The van der Waals surface area contributed by atoms with E-state index in [1.165, 1.54) is 0 Å². The van der Waals surface area contributed by atoms with Crippen LogP contribution in [0, 0.1) is 18.3 Å². The fourth-order valence-electron chi connectivity index (χ4n) is 0.342. The van der Waals surface area contributed by atoms with E-state index in [9.17, 15) is 0 Å². The van der Waals surface area contributed by atoms with E-state index in [-0.39, 0.29) is 0 Å². The molecule has 1 rings (SSSR count). The van der Waals surface area contributed by atoms with Crippen LogP contribution in [-0.4, -0.2) is 9.36 Å². The van der Waals surface area contributed by atoms with Gasteiger partial charge in [0.1, 0.15) is 11.9 Å². The van der Waals surface area contributed by atoms with E-state index in [1.54, 1.807) is 6.92 Å². The van der Waals surface area contributed by atoms with Gasteiger partial charge in [-0.2, -0.15) is 9.64 Å². The van der Waals surface area contributed by atoms with E-state index in [0.717, 1.165) is 11.5 Å². The fourth-order valence-corrected chi connectivity index (χ4v) is 0.816. The van der Waals surface area contributed by atoms with Crippen LogP contribution >= 0.6 is 11.5 Å². The molecule has 0 N–H and O–H groups in total. The predicted molar refractivity (Wildman–Crippen MR) is 40.7 cm³/mol. The van der Waals surface area contributed by atoms with Crippen LogP contribution in [-0.2, 0) is 0 Å². The zero-order valence-electron chi connectivity index (χ0n) is 6.25. The Labute approximate surface area is 64.5 Å². The van der Waals surface area contributed by atoms with Crippen LogP contribution in [0.5, 0.6) is 0 Å². The number of nitrogens with zero attached hydrogens (tertiary/aromatic N) is 3. The van der Waals surface area contributed by atoms with Gasteiger partial charge >= 0.3 is 0 Å². The summed E-state index contributed by atoms with van der Waals surface area (Å²) in [5, 5.41) is 8.64. The maximum Gasteiger partial charge on any atom is 0.214 e. The summed E-state index contributed by atoms with van der Waals surface area (Å²) in [6, 6.07) is 1.89. The maximum absolute atomic E-state index is 8.21. The van der Waals surface area contributed by atoms with Crippen LogP contribution in [0.25, 0.3) is 0 Å². The second-order valence-corrected chi connectivity index (χ2v) is 2.01. The van der Waals surface area contributed by atoms with Crippen LogP contribution in [0.1, 0.15) is 24.7 Å². The Kier molecular flexibility index (Phi) is 4.42. The Morgan fingerprint density at radius 3 is 2.30 bits per heavy atom. The molecule has 54 valence electrons. The predicted octanol–water partition coefficient (Wildman–Crippen LogP) is 1.74. The topological polar surface area (TPSA) is 49.6 Å². The largest absolute Gasteiger partial charge is 0.214 e. The first-order chi connectivity index (χ1) is 4.83. The molecular weight excluding hydrogens is 146 g/mol. The molecular formula is C6H9N3S. The van der Waals surface area contributed by atoms with Crippen LogP contribution in [0.15, 0.2) is 0 Å². The summed E-state index contributed by atoms with van der Waals surface area (Å²) in [5.41, 5.74) is 0. The lowest BCUT2D eigenvalue weighted by Gasteiger charge is -1.66. The number of hydrogen-bond acceptors (Lipinski definition) is 4. The average Bonchev–Trinajstić information content (AvgIpc) is 2.40. The summed E-state index contributed by atoms with van der Waals surface area (Å²) in [6.45, 7) is 5.76. The molecule has 0 aliphatic heterocycles. The van der Waals surface area contributed by atoms with Crippen molar-refractivity contribution in [3.8, 4) is 6.07 Å². The molecule has 10 heavy (non-hydrogen) atoms. The molecule has 1 heterocycles. The number of aromatic nitrogens is 2. The first-order valence-electron chi connectivity index (χ1n) is 3.03. The second kappa shape index (κ2) is 4.89. The number of hydrogen-bond donors (Lipinski definition) is 0. The number of rotatable bonds is 0. The van der Waals surface area contributed by atoms with Crippen molar-refractivity contribution in [2.75, 3.05) is 0 Å².